The zero-order valence-electron chi connectivity index (χ0n) is 56.7. The van der Waals surface area contributed by atoms with Crippen molar-refractivity contribution in [3.05, 3.63) is 237 Å². The number of carboxylic acids is 2. The zero-order valence-corrected chi connectivity index (χ0v) is 56.7. The van der Waals surface area contributed by atoms with Gasteiger partial charge in [0.2, 0.25) is 0 Å². The molecule has 0 bridgehead atoms. The van der Waals surface area contributed by atoms with Gasteiger partial charge in [0.1, 0.15) is 0 Å². The van der Waals surface area contributed by atoms with Crippen molar-refractivity contribution in [2.45, 2.75) is 125 Å². The Morgan fingerprint density at radius 3 is 1.14 bits per heavy atom. The summed E-state index contributed by atoms with van der Waals surface area (Å²) in [6.45, 7) is 12.0. The molecular formula is C84H81N5O10. The third-order valence-corrected chi connectivity index (χ3v) is 19.9. The molecule has 2 N–H and O–H groups in total. The van der Waals surface area contributed by atoms with Gasteiger partial charge in [-0.2, -0.15) is 0 Å². The van der Waals surface area contributed by atoms with Crippen LogP contribution in [0.3, 0.4) is 0 Å². The van der Waals surface area contributed by atoms with Crippen molar-refractivity contribution in [1.29, 1.82) is 0 Å². The van der Waals surface area contributed by atoms with Crippen LogP contribution in [0, 0.1) is 23.7 Å². The lowest BCUT2D eigenvalue weighted by Gasteiger charge is -2.32. The summed E-state index contributed by atoms with van der Waals surface area (Å²) >= 11 is 0. The first-order chi connectivity index (χ1) is 48.1. The van der Waals surface area contributed by atoms with Crippen LogP contribution in [-0.4, -0.2) is 91.9 Å². The van der Waals surface area contributed by atoms with Gasteiger partial charge in [-0.3, -0.25) is 33.7 Å². The highest BCUT2D eigenvalue weighted by molar-refractivity contribution is 6.39. The molecule has 0 aliphatic carbocycles. The molecule has 0 spiro atoms. The number of anilines is 4. The van der Waals surface area contributed by atoms with Crippen LogP contribution in [-0.2, 0) is 9.59 Å². The summed E-state index contributed by atoms with van der Waals surface area (Å²) in [6, 6.07) is 49.7. The minimum Gasteiger partial charge on any atom is -0.478 e. The van der Waals surface area contributed by atoms with E-state index in [1.807, 2.05) is 87.5 Å². The van der Waals surface area contributed by atoms with Crippen LogP contribution in [0.2, 0.25) is 0 Å². The van der Waals surface area contributed by atoms with Crippen molar-refractivity contribution >= 4 is 92.3 Å². The standard InChI is InChI=1S/C84H81N5O10/c1-6-11-14-15-16-17-50-85-77(90)67-46-48-69-72-70(49-47-68(71(67)72)78(85)91)80(93)89(79(69)92)66-38-24-56(25-39-66)21-20-55-22-26-59(27-23-55)75-73-74(82(95)86(75)51-53(9-4)18-12-7-2)76(87(81(73)94)52-54(10-5)19-13-8-3)60-30-28-57(29-31-60)58-32-40-63(41-33-58)88(64-42-34-61(35-43-64)83(96)97)65-44-36-62(37-45-65)84(98)99/h22-49,53-54H,6-19,50-52H2,1-5H3,(H,96,97)(H,98,99). The number of benzene rings is 8. The number of nitrogens with zero attached hydrogens (tertiary/aromatic N) is 5. The second-order valence-electron chi connectivity index (χ2n) is 26.2. The van der Waals surface area contributed by atoms with Gasteiger partial charge in [0.25, 0.3) is 35.4 Å². The number of aromatic carboxylic acids is 2. The predicted molar refractivity (Wildman–Crippen MR) is 387 cm³/mol. The second kappa shape index (κ2) is 29.8. The molecule has 8 aromatic rings. The highest BCUT2D eigenvalue weighted by Crippen LogP contribution is 2.49. The van der Waals surface area contributed by atoms with Crippen molar-refractivity contribution in [2.24, 2.45) is 11.8 Å². The molecule has 15 nitrogen and oxygen atoms in total. The zero-order chi connectivity index (χ0) is 69.6. The van der Waals surface area contributed by atoms with Crippen LogP contribution in [0.4, 0.5) is 22.7 Å². The highest BCUT2D eigenvalue weighted by Gasteiger charge is 2.50. The average Bonchev–Trinajstić information content (AvgIpc) is 1.69. The molecule has 99 heavy (non-hydrogen) atoms. The van der Waals surface area contributed by atoms with Crippen molar-refractivity contribution < 1.29 is 48.6 Å². The molecule has 2 unspecified atom stereocenters. The Kier molecular flexibility index (Phi) is 20.5. The quantitative estimate of drug-likeness (QED) is 0.0269. The largest absolute Gasteiger partial charge is 0.478 e. The molecule has 0 fully saturated rings. The molecule has 502 valence electrons. The normalized spacial score (nSPS) is 14.8. The predicted octanol–water partition coefficient (Wildman–Crippen LogP) is 17.8. The van der Waals surface area contributed by atoms with Crippen LogP contribution in [0.15, 0.2) is 181 Å². The van der Waals surface area contributed by atoms with E-state index >= 15 is 9.59 Å². The fourth-order valence-corrected chi connectivity index (χ4v) is 14.2. The topological polar surface area (TPSA) is 193 Å². The average molecular weight is 1320 g/mol. The molecular weight excluding hydrogens is 1240 g/mol. The summed E-state index contributed by atoms with van der Waals surface area (Å²) in [5.41, 5.74) is 10.3. The number of rotatable bonds is 28. The molecule has 15 heteroatoms. The smallest absolute Gasteiger partial charge is 0.335 e. The first-order valence-electron chi connectivity index (χ1n) is 34.9. The molecule has 8 aromatic carbocycles. The monoisotopic (exact) mass is 1320 g/mol. The van der Waals surface area contributed by atoms with E-state index < -0.39 is 35.6 Å². The first-order valence-corrected chi connectivity index (χ1v) is 34.9. The van der Waals surface area contributed by atoms with Crippen molar-refractivity contribution in [1.82, 2.24) is 14.7 Å². The van der Waals surface area contributed by atoms with E-state index in [4.69, 9.17) is 0 Å². The van der Waals surface area contributed by atoms with Crippen LogP contribution in [0.5, 0.6) is 0 Å². The van der Waals surface area contributed by atoms with E-state index in [1.54, 1.807) is 72.8 Å². The summed E-state index contributed by atoms with van der Waals surface area (Å²) < 4.78 is 0. The molecule has 0 saturated carbocycles. The minimum absolute atomic E-state index is 0.134. The number of amides is 6. The summed E-state index contributed by atoms with van der Waals surface area (Å²) in [5, 5.41) is 19.9. The van der Waals surface area contributed by atoms with Gasteiger partial charge in [0.15, 0.2) is 0 Å². The van der Waals surface area contributed by atoms with E-state index in [0.29, 0.717) is 98.7 Å². The molecule has 0 saturated heterocycles. The van der Waals surface area contributed by atoms with Crippen LogP contribution in [0.25, 0.3) is 33.3 Å². The Labute approximate surface area is 578 Å². The third kappa shape index (κ3) is 13.5. The number of hydrogen-bond donors (Lipinski definition) is 2. The minimum atomic E-state index is -1.05. The Bertz CT molecular complexity index is 4490. The lowest BCUT2D eigenvalue weighted by molar-refractivity contribution is -0.124. The summed E-state index contributed by atoms with van der Waals surface area (Å²) in [4.78, 5) is 119. The van der Waals surface area contributed by atoms with Gasteiger partial charge in [-0.1, -0.05) is 166 Å². The molecule has 4 aliphatic rings. The van der Waals surface area contributed by atoms with Gasteiger partial charge in [0, 0.05) is 80.8 Å². The number of imide groups is 2. The first kappa shape index (κ1) is 68.0. The molecule has 12 rings (SSSR count). The Balaban J connectivity index is 0.827. The fourth-order valence-electron chi connectivity index (χ4n) is 14.2. The van der Waals surface area contributed by atoms with Gasteiger partial charge in [-0.25, -0.2) is 14.5 Å². The molecule has 2 atom stereocenters. The molecule has 6 amide bonds. The summed E-state index contributed by atoms with van der Waals surface area (Å²) in [7, 11) is 0. The molecule has 0 radical (unpaired) electrons. The van der Waals surface area contributed by atoms with Gasteiger partial charge in [0.05, 0.1) is 39.4 Å². The fraction of sp³-hybridized carbons (Fsp3) is 0.286. The van der Waals surface area contributed by atoms with Crippen molar-refractivity contribution in [3.63, 3.8) is 0 Å². The number of fused-ring (bicyclic) bond motifs is 1. The van der Waals surface area contributed by atoms with Gasteiger partial charge < -0.3 is 24.9 Å². The maximum absolute atomic E-state index is 15.6. The Morgan fingerprint density at radius 2 is 0.737 bits per heavy atom. The van der Waals surface area contributed by atoms with E-state index in [0.717, 1.165) is 116 Å². The van der Waals surface area contributed by atoms with Crippen LogP contribution >= 0.6 is 0 Å². The third-order valence-electron chi connectivity index (χ3n) is 19.9. The lowest BCUT2D eigenvalue weighted by atomic mass is 9.85. The number of carbonyl (C=O) groups excluding carboxylic acids is 6. The van der Waals surface area contributed by atoms with Crippen LogP contribution < -0.4 is 9.80 Å². The maximum atomic E-state index is 15.6. The van der Waals surface area contributed by atoms with Gasteiger partial charge >= 0.3 is 11.9 Å². The number of unbranched alkanes of at least 4 members (excludes halogenated alkanes) is 7. The maximum Gasteiger partial charge on any atom is 0.335 e. The van der Waals surface area contributed by atoms with Gasteiger partial charge in [-0.15, -0.1) is 0 Å². The van der Waals surface area contributed by atoms with Crippen LogP contribution in [0.1, 0.15) is 209 Å². The Hall–Kier alpha value is -11.0. The van der Waals surface area contributed by atoms with Crippen molar-refractivity contribution in [2.75, 3.05) is 29.4 Å². The lowest BCUT2D eigenvalue weighted by Crippen LogP contribution is -2.43. The van der Waals surface area contributed by atoms with E-state index in [2.05, 4.69) is 46.5 Å². The number of hydrogen-bond acceptors (Lipinski definition) is 9. The number of carboxylic acid groups (broad SMARTS) is 2. The summed E-state index contributed by atoms with van der Waals surface area (Å²) in [6.07, 6.45) is 13.6. The SMILES string of the molecule is CCCCCCCCN1C(=O)c2ccc3c4c(ccc(c24)C1=O)C(=O)N(c1ccc(C#Cc2ccc(C4=C5C(=O)N(CC(CC)CCCC)C(c6ccc(-c7ccc(N(c8ccc(C(=O)O)cc8)c8ccc(C(=O)O)cc8)cc7)cc6)=C5C(=O)N4CC(CC)CCCC)cc2)cc1)C3=O. The van der Waals surface area contributed by atoms with E-state index in [9.17, 15) is 39.0 Å². The molecule has 0 aromatic heterocycles. The summed E-state index contributed by atoms with van der Waals surface area (Å²) in [5.74, 6) is 2.41. The highest BCUT2D eigenvalue weighted by atomic mass is 16.4. The van der Waals surface area contributed by atoms with E-state index in [-0.39, 0.29) is 45.9 Å². The second-order valence-corrected chi connectivity index (χ2v) is 26.2. The number of carbonyl (C=O) groups is 8. The molecule has 4 heterocycles. The van der Waals surface area contributed by atoms with Crippen molar-refractivity contribution in [3.8, 4) is 23.0 Å². The molecule has 4 aliphatic heterocycles. The van der Waals surface area contributed by atoms with E-state index in [1.165, 1.54) is 29.2 Å². The van der Waals surface area contributed by atoms with Gasteiger partial charge in [-0.05, 0) is 175 Å². The Morgan fingerprint density at radius 1 is 0.384 bits per heavy atom.